The Bertz CT molecular complexity index is 589. The van der Waals surface area contributed by atoms with Crippen LogP contribution in [0.1, 0.15) is 32.1 Å². The average molecular weight is 275 g/mol. The van der Waals surface area contributed by atoms with Crippen LogP contribution < -0.4 is 5.73 Å². The van der Waals surface area contributed by atoms with Gasteiger partial charge in [-0.05, 0) is 47.4 Å². The van der Waals surface area contributed by atoms with E-state index in [0.29, 0.717) is 11.7 Å². The largest absolute Gasteiger partial charge is 0.396 e. The first-order chi connectivity index (χ1) is 9.74. The molecule has 2 aromatic rings. The summed E-state index contributed by atoms with van der Waals surface area (Å²) >= 11 is 0. The quantitative estimate of drug-likeness (QED) is 0.874. The van der Waals surface area contributed by atoms with Crippen LogP contribution in [-0.4, -0.2) is 20.2 Å². The molecule has 2 N–H and O–H groups in total. The second-order valence-electron chi connectivity index (χ2n) is 5.42. The van der Waals surface area contributed by atoms with Gasteiger partial charge < -0.3 is 5.73 Å². The monoisotopic (exact) mass is 275 g/mol. The first-order valence-corrected chi connectivity index (χ1v) is 7.05. The highest BCUT2D eigenvalue weighted by Gasteiger charge is 2.18. The molecule has 6 heteroatoms. The molecule has 0 spiro atoms. The van der Waals surface area contributed by atoms with Crippen LogP contribution in [0, 0.1) is 11.7 Å². The predicted octanol–water partition coefficient (Wildman–Crippen LogP) is 2.64. The van der Waals surface area contributed by atoms with Crippen molar-refractivity contribution in [3.05, 3.63) is 24.0 Å². The third-order valence-corrected chi connectivity index (χ3v) is 3.94. The van der Waals surface area contributed by atoms with Gasteiger partial charge in [0, 0.05) is 12.1 Å². The molecule has 1 aliphatic carbocycles. The van der Waals surface area contributed by atoms with Crippen LogP contribution in [0.2, 0.25) is 0 Å². The van der Waals surface area contributed by atoms with Gasteiger partial charge in [0.2, 0.25) is 0 Å². The molecule has 0 amide bonds. The van der Waals surface area contributed by atoms with Gasteiger partial charge in [-0.3, -0.25) is 0 Å². The van der Waals surface area contributed by atoms with Gasteiger partial charge in [0.25, 0.3) is 0 Å². The molecule has 0 atom stereocenters. The molecule has 20 heavy (non-hydrogen) atoms. The molecule has 1 aromatic heterocycles. The highest BCUT2D eigenvalue weighted by molar-refractivity contribution is 5.61. The van der Waals surface area contributed by atoms with Crippen molar-refractivity contribution in [1.82, 2.24) is 20.2 Å². The normalized spacial score (nSPS) is 16.4. The van der Waals surface area contributed by atoms with Gasteiger partial charge in [0.05, 0.1) is 5.69 Å². The minimum Gasteiger partial charge on any atom is -0.396 e. The molecule has 0 bridgehead atoms. The molecule has 0 saturated heterocycles. The van der Waals surface area contributed by atoms with Crippen LogP contribution in [-0.2, 0) is 6.54 Å². The van der Waals surface area contributed by atoms with Crippen LogP contribution in [0.15, 0.2) is 18.2 Å². The maximum Gasteiger partial charge on any atom is 0.182 e. The number of benzene rings is 1. The third-order valence-electron chi connectivity index (χ3n) is 3.94. The van der Waals surface area contributed by atoms with Crippen LogP contribution in [0.25, 0.3) is 11.4 Å². The second kappa shape index (κ2) is 5.56. The Morgan fingerprint density at radius 1 is 1.25 bits per heavy atom. The van der Waals surface area contributed by atoms with E-state index in [1.165, 1.54) is 38.2 Å². The van der Waals surface area contributed by atoms with Gasteiger partial charge in [-0.15, -0.1) is 5.10 Å². The molecular formula is C14H18FN5. The van der Waals surface area contributed by atoms with Crippen LogP contribution in [0.4, 0.5) is 10.1 Å². The van der Waals surface area contributed by atoms with E-state index in [-0.39, 0.29) is 5.69 Å². The summed E-state index contributed by atoms with van der Waals surface area (Å²) in [4.78, 5) is 0. The molecule has 3 rings (SSSR count). The molecule has 106 valence electrons. The molecule has 0 unspecified atom stereocenters. The molecule has 0 aliphatic heterocycles. The number of hydrogen-bond acceptors (Lipinski definition) is 4. The van der Waals surface area contributed by atoms with Crippen LogP contribution in [0.5, 0.6) is 0 Å². The molecule has 1 aromatic carbocycles. The number of nitrogen functional groups attached to an aromatic ring is 1. The highest BCUT2D eigenvalue weighted by atomic mass is 19.1. The third kappa shape index (κ3) is 2.64. The van der Waals surface area contributed by atoms with Gasteiger partial charge in [-0.1, -0.05) is 19.3 Å². The van der Waals surface area contributed by atoms with Gasteiger partial charge in [-0.2, -0.15) is 0 Å². The Balaban J connectivity index is 1.83. The van der Waals surface area contributed by atoms with Gasteiger partial charge in [0.1, 0.15) is 5.82 Å². The fourth-order valence-electron chi connectivity index (χ4n) is 2.83. The molecule has 1 aliphatic rings. The SMILES string of the molecule is Nc1cc(-c2nnnn2CC2CCCCC2)ccc1F. The molecule has 5 nitrogen and oxygen atoms in total. The molecule has 1 fully saturated rings. The van der Waals surface area contributed by atoms with Crippen molar-refractivity contribution in [2.45, 2.75) is 38.6 Å². The fraction of sp³-hybridized carbons (Fsp3) is 0.500. The molecular weight excluding hydrogens is 257 g/mol. The lowest BCUT2D eigenvalue weighted by Gasteiger charge is -2.21. The van der Waals surface area contributed by atoms with Gasteiger partial charge in [0.15, 0.2) is 5.82 Å². The van der Waals surface area contributed by atoms with Gasteiger partial charge in [-0.25, -0.2) is 9.07 Å². The van der Waals surface area contributed by atoms with Crippen molar-refractivity contribution in [3.8, 4) is 11.4 Å². The van der Waals surface area contributed by atoms with Crippen molar-refractivity contribution < 1.29 is 4.39 Å². The van der Waals surface area contributed by atoms with Gasteiger partial charge >= 0.3 is 0 Å². The lowest BCUT2D eigenvalue weighted by molar-refractivity contribution is 0.307. The number of nitrogens with two attached hydrogens (primary N) is 1. The Morgan fingerprint density at radius 2 is 2.05 bits per heavy atom. The summed E-state index contributed by atoms with van der Waals surface area (Å²) in [6.45, 7) is 0.819. The summed E-state index contributed by atoms with van der Waals surface area (Å²) in [5.41, 5.74) is 6.48. The van der Waals surface area contributed by atoms with Crippen LogP contribution >= 0.6 is 0 Å². The Hall–Kier alpha value is -1.98. The summed E-state index contributed by atoms with van der Waals surface area (Å²) in [5.74, 6) is 0.867. The lowest BCUT2D eigenvalue weighted by Crippen LogP contribution is -2.16. The van der Waals surface area contributed by atoms with E-state index in [1.54, 1.807) is 12.1 Å². The van der Waals surface area contributed by atoms with Crippen molar-refractivity contribution in [2.75, 3.05) is 5.73 Å². The summed E-state index contributed by atoms with van der Waals surface area (Å²) in [6, 6.07) is 4.59. The topological polar surface area (TPSA) is 69.6 Å². The first-order valence-electron chi connectivity index (χ1n) is 7.05. The van der Waals surface area contributed by atoms with Crippen molar-refractivity contribution in [2.24, 2.45) is 5.92 Å². The maximum absolute atomic E-state index is 13.2. The summed E-state index contributed by atoms with van der Waals surface area (Å²) in [7, 11) is 0. The molecule has 0 radical (unpaired) electrons. The summed E-state index contributed by atoms with van der Waals surface area (Å²) in [6.07, 6.45) is 6.35. The van der Waals surface area contributed by atoms with Crippen molar-refractivity contribution in [1.29, 1.82) is 0 Å². The smallest absolute Gasteiger partial charge is 0.182 e. The first kappa shape index (κ1) is 13.0. The van der Waals surface area contributed by atoms with Crippen molar-refractivity contribution >= 4 is 5.69 Å². The minimum absolute atomic E-state index is 0.120. The zero-order chi connectivity index (χ0) is 13.9. The number of hydrogen-bond donors (Lipinski definition) is 1. The second-order valence-corrected chi connectivity index (χ2v) is 5.42. The number of nitrogens with zero attached hydrogens (tertiary/aromatic N) is 4. The lowest BCUT2D eigenvalue weighted by atomic mass is 9.89. The van der Waals surface area contributed by atoms with Crippen molar-refractivity contribution in [3.63, 3.8) is 0 Å². The Morgan fingerprint density at radius 3 is 2.80 bits per heavy atom. The van der Waals surface area contributed by atoms with E-state index in [2.05, 4.69) is 15.5 Å². The van der Waals surface area contributed by atoms with E-state index in [4.69, 9.17) is 5.73 Å². The van der Waals surface area contributed by atoms with E-state index in [0.717, 1.165) is 12.1 Å². The number of aromatic nitrogens is 4. The maximum atomic E-state index is 13.2. The van der Waals surface area contributed by atoms with E-state index in [1.807, 2.05) is 4.68 Å². The standard InChI is InChI=1S/C14H18FN5/c15-12-7-6-11(8-13(12)16)14-17-18-19-20(14)9-10-4-2-1-3-5-10/h6-8,10H,1-5,9,16H2. The Labute approximate surface area is 117 Å². The number of halogens is 1. The highest BCUT2D eigenvalue weighted by Crippen LogP contribution is 2.27. The summed E-state index contributed by atoms with van der Waals surface area (Å²) < 4.78 is 15.0. The van der Waals surface area contributed by atoms with E-state index >= 15 is 0 Å². The van der Waals surface area contributed by atoms with E-state index in [9.17, 15) is 4.39 Å². The number of tetrazole rings is 1. The zero-order valence-electron chi connectivity index (χ0n) is 11.3. The number of rotatable bonds is 3. The predicted molar refractivity (Wildman–Crippen MR) is 74.2 cm³/mol. The van der Waals surface area contributed by atoms with E-state index < -0.39 is 5.82 Å². The summed E-state index contributed by atoms with van der Waals surface area (Å²) in [5, 5.41) is 11.9. The van der Waals surface area contributed by atoms with Crippen LogP contribution in [0.3, 0.4) is 0 Å². The minimum atomic E-state index is -0.417. The fourth-order valence-corrected chi connectivity index (χ4v) is 2.83. The zero-order valence-corrected chi connectivity index (χ0v) is 11.3. The average Bonchev–Trinajstić information content (AvgIpc) is 2.91. The Kier molecular flexibility index (Phi) is 3.62. The molecule has 1 saturated carbocycles. The molecule has 1 heterocycles. The number of anilines is 1.